The number of phenolic OH excluding ortho intramolecular Hbond substituents is 1. The van der Waals surface area contributed by atoms with Gasteiger partial charge in [0.05, 0.1) is 10.1 Å². The molecule has 2 aromatic rings. The van der Waals surface area contributed by atoms with Gasteiger partial charge >= 0.3 is 0 Å². The molecular weight excluding hydrogens is 378 g/mol. The number of aromatic hydroxyl groups is 1. The molecule has 3 rings (SSSR count). The molecule has 6 heteroatoms. The fraction of sp³-hybridized carbons (Fsp3) is 0.429. The van der Waals surface area contributed by atoms with Crippen molar-refractivity contribution < 1.29 is 19.3 Å². The lowest BCUT2D eigenvalue weighted by Gasteiger charge is -2.44. The van der Waals surface area contributed by atoms with Gasteiger partial charge in [0.2, 0.25) is 0 Å². The molecule has 0 aliphatic heterocycles. The van der Waals surface area contributed by atoms with Crippen molar-refractivity contribution in [3.05, 3.63) is 59.7 Å². The van der Waals surface area contributed by atoms with E-state index in [1.807, 2.05) is 18.2 Å². The van der Waals surface area contributed by atoms with Crippen LogP contribution < -0.4 is 5.73 Å². The Morgan fingerprint density at radius 3 is 2.44 bits per heavy atom. The molecule has 1 aliphatic rings. The third-order valence-electron chi connectivity index (χ3n) is 6.01. The summed E-state index contributed by atoms with van der Waals surface area (Å²) in [5.41, 5.74) is 6.72. The highest BCUT2D eigenvalue weighted by Gasteiger charge is 2.48. The molecule has 0 saturated carbocycles. The van der Waals surface area contributed by atoms with E-state index >= 15 is 0 Å². The van der Waals surface area contributed by atoms with Crippen LogP contribution in [0.4, 0.5) is 0 Å². The predicted octanol–water partition coefficient (Wildman–Crippen LogP) is 3.15. The molecule has 0 fully saturated rings. The lowest BCUT2D eigenvalue weighted by Crippen LogP contribution is -2.75. The zero-order valence-electron chi connectivity index (χ0n) is 15.9. The normalized spacial score (nSPS) is 21.6. The fourth-order valence-corrected chi connectivity index (χ4v) is 7.65. The molecule has 2 atom stereocenters. The van der Waals surface area contributed by atoms with Crippen LogP contribution in [0.15, 0.2) is 53.4 Å². The largest absolute Gasteiger partial charge is 0.508 e. The number of thioether (sulfide) groups is 1. The van der Waals surface area contributed by atoms with Crippen LogP contribution >= 0.6 is 11.8 Å². The maximum atomic E-state index is 12.7. The van der Waals surface area contributed by atoms with Gasteiger partial charge in [-0.1, -0.05) is 38.1 Å². The number of quaternary nitrogens is 1. The Hall–Kier alpha value is -1.50. The van der Waals surface area contributed by atoms with Gasteiger partial charge in [0.25, 0.3) is 0 Å². The Morgan fingerprint density at radius 1 is 1.15 bits per heavy atom. The zero-order chi connectivity index (χ0) is 19.7. The van der Waals surface area contributed by atoms with Crippen molar-refractivity contribution >= 4 is 21.6 Å². The summed E-state index contributed by atoms with van der Waals surface area (Å²) in [5.74, 6) is 0.282. The van der Waals surface area contributed by atoms with Gasteiger partial charge in [-0.05, 0) is 54.7 Å². The molecule has 0 aromatic heterocycles. The van der Waals surface area contributed by atoms with Gasteiger partial charge in [0.15, 0.2) is 9.84 Å². The molecule has 0 amide bonds. The van der Waals surface area contributed by atoms with E-state index in [1.165, 1.54) is 22.9 Å². The molecular formula is C21H28NO3S2+. The number of fused-ring (bicyclic) bond motifs is 1. The molecule has 4 nitrogen and oxygen atoms in total. The third kappa shape index (κ3) is 3.75. The van der Waals surface area contributed by atoms with Crippen molar-refractivity contribution in [3.63, 3.8) is 0 Å². The summed E-state index contributed by atoms with van der Waals surface area (Å²) in [6.45, 7) is 4.31. The van der Waals surface area contributed by atoms with Gasteiger partial charge in [0, 0.05) is 5.41 Å². The van der Waals surface area contributed by atoms with Crippen molar-refractivity contribution in [2.24, 2.45) is 0 Å². The molecule has 4 N–H and O–H groups in total. The minimum atomic E-state index is -3.32. The number of sulfone groups is 1. The topological polar surface area (TPSA) is 82.0 Å². The van der Waals surface area contributed by atoms with Gasteiger partial charge in [-0.2, -0.15) is 0 Å². The average molecular weight is 407 g/mol. The van der Waals surface area contributed by atoms with Crippen LogP contribution in [-0.4, -0.2) is 29.9 Å². The molecule has 1 aliphatic carbocycles. The molecule has 0 spiro atoms. The summed E-state index contributed by atoms with van der Waals surface area (Å²) in [5, 5.41) is 10.2. The van der Waals surface area contributed by atoms with Crippen molar-refractivity contribution in [1.29, 1.82) is 0 Å². The summed E-state index contributed by atoms with van der Waals surface area (Å²) in [7, 11) is -3.32. The monoisotopic (exact) mass is 406 g/mol. The van der Waals surface area contributed by atoms with Gasteiger partial charge in [-0.15, -0.1) is 11.8 Å². The Balaban J connectivity index is 1.88. The number of hydrogen-bond acceptors (Lipinski definition) is 4. The van der Waals surface area contributed by atoms with Gasteiger partial charge < -0.3 is 10.8 Å². The predicted molar refractivity (Wildman–Crippen MR) is 111 cm³/mol. The van der Waals surface area contributed by atoms with Crippen molar-refractivity contribution in [1.82, 2.24) is 0 Å². The fourth-order valence-electron chi connectivity index (χ4n) is 4.32. The molecule has 146 valence electrons. The van der Waals surface area contributed by atoms with Crippen LogP contribution in [-0.2, 0) is 21.7 Å². The van der Waals surface area contributed by atoms with Crippen LogP contribution in [0.1, 0.15) is 37.8 Å². The average Bonchev–Trinajstić information content (AvgIpc) is 2.68. The number of phenols is 1. The van der Waals surface area contributed by atoms with Crippen molar-refractivity contribution in [2.75, 3.05) is 5.08 Å². The van der Waals surface area contributed by atoms with Crippen LogP contribution in [0.25, 0.3) is 0 Å². The Bertz CT molecular complexity index is 893. The second-order valence-electron chi connectivity index (χ2n) is 7.27. The quantitative estimate of drug-likeness (QED) is 0.772. The summed E-state index contributed by atoms with van der Waals surface area (Å²) >= 11 is 1.50. The van der Waals surface area contributed by atoms with Crippen LogP contribution in [0, 0.1) is 0 Å². The van der Waals surface area contributed by atoms with E-state index in [4.69, 9.17) is 0 Å². The van der Waals surface area contributed by atoms with Crippen molar-refractivity contribution in [3.8, 4) is 5.75 Å². The second kappa shape index (κ2) is 7.86. The first-order valence-corrected chi connectivity index (χ1v) is 12.1. The molecule has 2 aromatic carbocycles. The van der Waals surface area contributed by atoms with Crippen LogP contribution in [0.3, 0.4) is 0 Å². The van der Waals surface area contributed by atoms with Crippen LogP contribution in [0.2, 0.25) is 0 Å². The second-order valence-corrected chi connectivity index (χ2v) is 10.8. The molecule has 0 bridgehead atoms. The van der Waals surface area contributed by atoms with Gasteiger partial charge in [-0.3, -0.25) is 0 Å². The van der Waals surface area contributed by atoms with Gasteiger partial charge in [0.1, 0.15) is 16.9 Å². The minimum Gasteiger partial charge on any atom is -0.508 e. The number of hydrogen-bond donors (Lipinski definition) is 2. The summed E-state index contributed by atoms with van der Waals surface area (Å²) in [6, 6.07) is 14.3. The van der Waals surface area contributed by atoms with E-state index in [1.54, 1.807) is 30.3 Å². The molecule has 0 heterocycles. The zero-order valence-corrected chi connectivity index (χ0v) is 17.5. The standard InChI is InChI=1S/C21H27NO3S2/c1-3-21(4-2)18-13-16(23)11-10-15(18)12-19(20(21)22)26-14-27(24,25)17-8-6-5-7-9-17/h5-11,13,19-20,23H,3-4,12,14,22H2,1-2H3/p+1. The molecule has 2 unspecified atom stereocenters. The Kier molecular flexibility index (Phi) is 5.89. The minimum absolute atomic E-state index is 0.0601. The van der Waals surface area contributed by atoms with E-state index in [0.717, 1.165) is 19.3 Å². The summed E-state index contributed by atoms with van der Waals surface area (Å²) in [6.07, 6.45) is 2.60. The first-order chi connectivity index (χ1) is 12.8. The smallest absolute Gasteiger partial charge is 0.187 e. The lowest BCUT2D eigenvalue weighted by atomic mass is 9.63. The van der Waals surface area contributed by atoms with Crippen LogP contribution in [0.5, 0.6) is 5.75 Å². The first-order valence-electron chi connectivity index (χ1n) is 9.39. The van der Waals surface area contributed by atoms with E-state index in [-0.39, 0.29) is 27.5 Å². The third-order valence-corrected chi connectivity index (χ3v) is 9.71. The van der Waals surface area contributed by atoms with E-state index in [0.29, 0.717) is 4.90 Å². The summed E-state index contributed by atoms with van der Waals surface area (Å²) in [4.78, 5) is 0.372. The maximum Gasteiger partial charge on any atom is 0.187 e. The number of rotatable bonds is 6. The highest BCUT2D eigenvalue weighted by molar-refractivity contribution is 8.12. The number of benzene rings is 2. The first kappa shape index (κ1) is 20.2. The highest BCUT2D eigenvalue weighted by atomic mass is 32.3. The van der Waals surface area contributed by atoms with Crippen molar-refractivity contribution in [2.45, 2.75) is 54.7 Å². The highest BCUT2D eigenvalue weighted by Crippen LogP contribution is 2.45. The van der Waals surface area contributed by atoms with E-state index < -0.39 is 9.84 Å². The Labute approximate surface area is 166 Å². The van der Waals surface area contributed by atoms with Gasteiger partial charge in [-0.25, -0.2) is 8.42 Å². The van der Waals surface area contributed by atoms with E-state index in [2.05, 4.69) is 19.6 Å². The van der Waals surface area contributed by atoms with E-state index in [9.17, 15) is 13.5 Å². The molecule has 0 radical (unpaired) electrons. The molecule has 0 saturated heterocycles. The summed E-state index contributed by atoms with van der Waals surface area (Å²) < 4.78 is 25.4. The molecule has 27 heavy (non-hydrogen) atoms. The Morgan fingerprint density at radius 2 is 1.81 bits per heavy atom. The SMILES string of the molecule is CCC1(CC)c2cc(O)ccc2CC(SCS(=O)(=O)c2ccccc2)C1[NH3+]. The maximum absolute atomic E-state index is 12.7. The lowest BCUT2D eigenvalue weighted by molar-refractivity contribution is -0.439.